The van der Waals surface area contributed by atoms with Crippen molar-refractivity contribution in [2.45, 2.75) is 45.0 Å². The summed E-state index contributed by atoms with van der Waals surface area (Å²) < 4.78 is 17.4. The summed E-state index contributed by atoms with van der Waals surface area (Å²) in [5.41, 5.74) is 2.57. The fourth-order valence-corrected chi connectivity index (χ4v) is 4.60. The quantitative estimate of drug-likeness (QED) is 0.261. The molecule has 2 heterocycles. The van der Waals surface area contributed by atoms with Crippen molar-refractivity contribution in [3.63, 3.8) is 0 Å². The van der Waals surface area contributed by atoms with Gasteiger partial charge in [-0.2, -0.15) is 0 Å². The number of oxazole rings is 1. The molecule has 7 nitrogen and oxygen atoms in total. The number of aromatic nitrogens is 1. The molecule has 1 N–H and O–H groups in total. The number of nitrogens with zero attached hydrogens (tertiary/aromatic N) is 2. The van der Waals surface area contributed by atoms with Crippen molar-refractivity contribution in [2.75, 3.05) is 13.2 Å². The third kappa shape index (κ3) is 6.88. The first-order chi connectivity index (χ1) is 18.6. The molecule has 0 spiro atoms. The van der Waals surface area contributed by atoms with Crippen molar-refractivity contribution in [1.29, 1.82) is 0 Å². The van der Waals surface area contributed by atoms with Gasteiger partial charge in [-0.1, -0.05) is 60.7 Å². The summed E-state index contributed by atoms with van der Waals surface area (Å²) in [5, 5.41) is 2.91. The van der Waals surface area contributed by atoms with E-state index in [9.17, 15) is 4.79 Å². The molecule has 38 heavy (non-hydrogen) atoms. The van der Waals surface area contributed by atoms with Gasteiger partial charge in [0.05, 0.1) is 12.6 Å². The van der Waals surface area contributed by atoms with E-state index in [1.807, 2.05) is 60.7 Å². The van der Waals surface area contributed by atoms with Crippen LogP contribution >= 0.6 is 0 Å². The molecule has 1 aliphatic rings. The van der Waals surface area contributed by atoms with Gasteiger partial charge in [-0.25, -0.2) is 4.98 Å². The largest absolute Gasteiger partial charge is 0.457 e. The molecule has 0 aliphatic carbocycles. The lowest BCUT2D eigenvalue weighted by molar-refractivity contribution is 0.0853. The van der Waals surface area contributed by atoms with Gasteiger partial charge < -0.3 is 19.2 Å². The lowest BCUT2D eigenvalue weighted by Crippen LogP contribution is -2.32. The minimum atomic E-state index is -0.246. The Hall–Kier alpha value is -3.94. The molecule has 1 amide bonds. The zero-order valence-corrected chi connectivity index (χ0v) is 21.6. The van der Waals surface area contributed by atoms with Gasteiger partial charge in [-0.05, 0) is 55.2 Å². The molecule has 5 rings (SSSR count). The van der Waals surface area contributed by atoms with Crippen molar-refractivity contribution >= 4 is 5.91 Å². The number of para-hydroxylation sites is 1. The molecule has 1 aliphatic heterocycles. The summed E-state index contributed by atoms with van der Waals surface area (Å²) in [7, 11) is 0. The summed E-state index contributed by atoms with van der Waals surface area (Å²) in [6, 6.07) is 28.3. The van der Waals surface area contributed by atoms with E-state index in [0.29, 0.717) is 25.5 Å². The van der Waals surface area contributed by atoms with Gasteiger partial charge in [-0.3, -0.25) is 9.69 Å². The Balaban J connectivity index is 1.30. The van der Waals surface area contributed by atoms with E-state index >= 15 is 0 Å². The third-order valence-electron chi connectivity index (χ3n) is 6.73. The molecule has 2 atom stereocenters. The van der Waals surface area contributed by atoms with Crippen LogP contribution in [0.15, 0.2) is 95.6 Å². The van der Waals surface area contributed by atoms with Gasteiger partial charge in [0.2, 0.25) is 5.89 Å². The van der Waals surface area contributed by atoms with E-state index in [1.54, 1.807) is 0 Å². The summed E-state index contributed by atoms with van der Waals surface area (Å²) in [6.45, 7) is 4.49. The average molecular weight is 512 g/mol. The Morgan fingerprint density at radius 3 is 2.55 bits per heavy atom. The van der Waals surface area contributed by atoms with Crippen molar-refractivity contribution in [3.8, 4) is 11.5 Å². The molecule has 7 heteroatoms. The average Bonchev–Trinajstić information content (AvgIpc) is 3.65. The number of rotatable bonds is 11. The van der Waals surface area contributed by atoms with Gasteiger partial charge in [0.15, 0.2) is 5.69 Å². The standard InChI is InChI=1S/C31H33N3O4/c1-23(25-11-4-2-5-12-25)34(20-24-10-8-15-27(18-24)38-26-13-6-3-7-14-26)21-30-33-29(22-37-30)31(35)32-19-28-16-9-17-36-28/h2-8,10-15,18,22-23,28H,9,16-17,19-21H2,1H3,(H,32,35)/t23-,28-/m0/s1. The van der Waals surface area contributed by atoms with Gasteiger partial charge in [-0.15, -0.1) is 0 Å². The second kappa shape index (κ2) is 12.5. The third-order valence-corrected chi connectivity index (χ3v) is 6.73. The Bertz CT molecular complexity index is 1300. The van der Waals surface area contributed by atoms with Crippen LogP contribution in [0.1, 0.15) is 53.3 Å². The SMILES string of the molecule is C[C@@H](c1ccccc1)N(Cc1cccc(Oc2ccccc2)c1)Cc1nc(C(=O)NC[C@@H]2CCCO2)co1. The molecule has 0 bridgehead atoms. The highest BCUT2D eigenvalue weighted by atomic mass is 16.5. The molecule has 4 aromatic rings. The van der Waals surface area contributed by atoms with Crippen LogP contribution in [0.5, 0.6) is 11.5 Å². The number of carbonyl (C=O) groups excluding carboxylic acids is 1. The molecule has 196 valence electrons. The lowest BCUT2D eigenvalue weighted by Gasteiger charge is -2.28. The normalized spacial score (nSPS) is 15.9. The number of ether oxygens (including phenoxy) is 2. The van der Waals surface area contributed by atoms with Crippen molar-refractivity contribution in [1.82, 2.24) is 15.2 Å². The van der Waals surface area contributed by atoms with Crippen LogP contribution in [0.25, 0.3) is 0 Å². The van der Waals surface area contributed by atoms with Crippen molar-refractivity contribution < 1.29 is 18.7 Å². The zero-order chi connectivity index (χ0) is 26.2. The van der Waals surface area contributed by atoms with Crippen LogP contribution in [0.2, 0.25) is 0 Å². The van der Waals surface area contributed by atoms with Gasteiger partial charge in [0.25, 0.3) is 5.91 Å². The molecular formula is C31H33N3O4. The van der Waals surface area contributed by atoms with Crippen LogP contribution in [0.4, 0.5) is 0 Å². The highest BCUT2D eigenvalue weighted by Gasteiger charge is 2.22. The Morgan fingerprint density at radius 1 is 1.03 bits per heavy atom. The number of carbonyl (C=O) groups is 1. The Kier molecular flexibility index (Phi) is 8.48. The molecule has 1 saturated heterocycles. The fraction of sp³-hybridized carbons (Fsp3) is 0.290. The van der Waals surface area contributed by atoms with Crippen LogP contribution in [0.3, 0.4) is 0 Å². The first kappa shape index (κ1) is 25.7. The first-order valence-electron chi connectivity index (χ1n) is 13.1. The summed E-state index contributed by atoms with van der Waals surface area (Å²) in [5.74, 6) is 1.82. The molecule has 3 aromatic carbocycles. The number of amides is 1. The molecule has 1 fully saturated rings. The predicted molar refractivity (Wildman–Crippen MR) is 145 cm³/mol. The first-order valence-corrected chi connectivity index (χ1v) is 13.1. The van der Waals surface area contributed by atoms with Crippen LogP contribution in [0, 0.1) is 0 Å². The van der Waals surface area contributed by atoms with E-state index < -0.39 is 0 Å². The Labute approximate surface area is 223 Å². The number of hydrogen-bond acceptors (Lipinski definition) is 6. The molecular weight excluding hydrogens is 478 g/mol. The van der Waals surface area contributed by atoms with Crippen molar-refractivity contribution in [3.05, 3.63) is 114 Å². The summed E-state index contributed by atoms with van der Waals surface area (Å²) in [6.07, 6.45) is 3.51. The zero-order valence-electron chi connectivity index (χ0n) is 21.6. The molecule has 0 radical (unpaired) electrons. The monoisotopic (exact) mass is 511 g/mol. The van der Waals surface area contributed by atoms with Gasteiger partial charge in [0.1, 0.15) is 17.8 Å². The maximum atomic E-state index is 12.6. The minimum Gasteiger partial charge on any atom is -0.457 e. The Morgan fingerprint density at radius 2 is 1.79 bits per heavy atom. The van der Waals surface area contributed by atoms with E-state index in [1.165, 1.54) is 11.8 Å². The molecule has 0 unspecified atom stereocenters. The smallest absolute Gasteiger partial charge is 0.273 e. The number of benzene rings is 3. The summed E-state index contributed by atoms with van der Waals surface area (Å²) in [4.78, 5) is 19.4. The van der Waals surface area contributed by atoms with E-state index in [4.69, 9.17) is 13.9 Å². The predicted octanol–water partition coefficient (Wildman–Crippen LogP) is 6.14. The summed E-state index contributed by atoms with van der Waals surface area (Å²) >= 11 is 0. The van der Waals surface area contributed by atoms with E-state index in [0.717, 1.165) is 36.5 Å². The van der Waals surface area contributed by atoms with Crippen LogP contribution in [-0.4, -0.2) is 35.0 Å². The lowest BCUT2D eigenvalue weighted by atomic mass is 10.1. The minimum absolute atomic E-state index is 0.0779. The maximum Gasteiger partial charge on any atom is 0.273 e. The van der Waals surface area contributed by atoms with Gasteiger partial charge >= 0.3 is 0 Å². The van der Waals surface area contributed by atoms with E-state index in [2.05, 4.69) is 46.4 Å². The van der Waals surface area contributed by atoms with Crippen LogP contribution < -0.4 is 10.1 Å². The topological polar surface area (TPSA) is 76.8 Å². The van der Waals surface area contributed by atoms with Crippen LogP contribution in [-0.2, 0) is 17.8 Å². The highest BCUT2D eigenvalue weighted by Crippen LogP contribution is 2.27. The van der Waals surface area contributed by atoms with Crippen molar-refractivity contribution in [2.24, 2.45) is 0 Å². The fourth-order valence-electron chi connectivity index (χ4n) is 4.60. The number of nitrogens with one attached hydrogen (secondary N) is 1. The van der Waals surface area contributed by atoms with Gasteiger partial charge in [0, 0.05) is 25.7 Å². The number of hydrogen-bond donors (Lipinski definition) is 1. The molecule has 0 saturated carbocycles. The highest BCUT2D eigenvalue weighted by molar-refractivity contribution is 5.91. The maximum absolute atomic E-state index is 12.6. The van der Waals surface area contributed by atoms with E-state index in [-0.39, 0.29) is 23.7 Å². The molecule has 1 aromatic heterocycles. The second-order valence-electron chi connectivity index (χ2n) is 9.53. The second-order valence-corrected chi connectivity index (χ2v) is 9.53.